The number of carbonyl (C=O) groups is 2. The molecule has 4 nitrogen and oxygen atoms in total. The molecule has 0 spiro atoms. The summed E-state index contributed by atoms with van der Waals surface area (Å²) in [6, 6.07) is 0. The number of aliphatic hydroxyl groups is 2. The van der Waals surface area contributed by atoms with E-state index in [0.29, 0.717) is 37.5 Å². The average Bonchev–Trinajstić information content (AvgIpc) is 2.75. The molecule has 1 aliphatic rings. The van der Waals surface area contributed by atoms with Crippen LogP contribution in [0.2, 0.25) is 0 Å². The maximum absolute atomic E-state index is 12.8. The quantitative estimate of drug-likeness (QED) is 0.602. The Balaban J connectivity index is 3.10. The Morgan fingerprint density at radius 3 is 2.08 bits per heavy atom. The minimum absolute atomic E-state index is 0.144. The second kappa shape index (κ2) is 8.98. The molecule has 1 aliphatic carbocycles. The molecule has 0 fully saturated rings. The molecule has 25 heavy (non-hydrogen) atoms. The van der Waals surface area contributed by atoms with Gasteiger partial charge in [-0.15, -0.1) is 0 Å². The van der Waals surface area contributed by atoms with Gasteiger partial charge >= 0.3 is 0 Å². The van der Waals surface area contributed by atoms with Gasteiger partial charge in [-0.05, 0) is 37.0 Å². The lowest BCUT2D eigenvalue weighted by atomic mass is 9.79. The molecule has 0 bridgehead atoms. The van der Waals surface area contributed by atoms with E-state index in [4.69, 9.17) is 0 Å². The third kappa shape index (κ3) is 5.40. The predicted octanol–water partition coefficient (Wildman–Crippen LogP) is 4.61. The summed E-state index contributed by atoms with van der Waals surface area (Å²) < 4.78 is 0. The van der Waals surface area contributed by atoms with Gasteiger partial charge in [-0.25, -0.2) is 0 Å². The van der Waals surface area contributed by atoms with Gasteiger partial charge in [-0.3, -0.25) is 9.59 Å². The Bertz CT molecular complexity index is 516. The summed E-state index contributed by atoms with van der Waals surface area (Å²) in [4.78, 5) is 25.3. The lowest BCUT2D eigenvalue weighted by molar-refractivity contribution is -0.141. The SMILES string of the molecule is CC(C)CCC(=O)[C@]1(O)C(O)=C(C(=O)CC(C)C)C[C@@H]1CCC(C)C. The first kappa shape index (κ1) is 21.9. The van der Waals surface area contributed by atoms with Crippen molar-refractivity contribution in [3.63, 3.8) is 0 Å². The lowest BCUT2D eigenvalue weighted by Crippen LogP contribution is -2.45. The third-order valence-corrected chi connectivity index (χ3v) is 5.08. The molecular formula is C21H36O4. The van der Waals surface area contributed by atoms with Crippen molar-refractivity contribution in [1.82, 2.24) is 0 Å². The van der Waals surface area contributed by atoms with Gasteiger partial charge in [-0.2, -0.15) is 0 Å². The molecule has 2 N–H and O–H groups in total. The van der Waals surface area contributed by atoms with Crippen molar-refractivity contribution in [3.8, 4) is 0 Å². The Kier molecular flexibility index (Phi) is 7.86. The molecule has 0 aromatic rings. The fourth-order valence-electron chi connectivity index (χ4n) is 3.47. The largest absolute Gasteiger partial charge is 0.508 e. The maximum atomic E-state index is 12.8. The number of hydrogen-bond acceptors (Lipinski definition) is 4. The minimum Gasteiger partial charge on any atom is -0.508 e. The van der Waals surface area contributed by atoms with Gasteiger partial charge in [0.1, 0.15) is 5.76 Å². The van der Waals surface area contributed by atoms with E-state index in [2.05, 4.69) is 13.8 Å². The van der Waals surface area contributed by atoms with Crippen LogP contribution in [-0.4, -0.2) is 27.4 Å². The molecule has 144 valence electrons. The summed E-state index contributed by atoms with van der Waals surface area (Å²) in [5, 5.41) is 21.8. The van der Waals surface area contributed by atoms with Crippen LogP contribution in [0.3, 0.4) is 0 Å². The summed E-state index contributed by atoms with van der Waals surface area (Å²) in [5.41, 5.74) is -1.62. The smallest absolute Gasteiger partial charge is 0.183 e. The van der Waals surface area contributed by atoms with E-state index in [1.807, 2.05) is 27.7 Å². The maximum Gasteiger partial charge on any atom is 0.183 e. The molecule has 0 aliphatic heterocycles. The molecule has 1 rings (SSSR count). The molecule has 0 radical (unpaired) electrons. The van der Waals surface area contributed by atoms with Gasteiger partial charge < -0.3 is 10.2 Å². The summed E-state index contributed by atoms with van der Waals surface area (Å²) in [6.07, 6.45) is 3.00. The van der Waals surface area contributed by atoms with Gasteiger partial charge in [0.05, 0.1) is 0 Å². The molecule has 0 heterocycles. The van der Waals surface area contributed by atoms with Crippen molar-refractivity contribution < 1.29 is 19.8 Å². The number of rotatable bonds is 10. The van der Waals surface area contributed by atoms with Crippen LogP contribution in [0.4, 0.5) is 0 Å². The zero-order valence-electron chi connectivity index (χ0n) is 16.8. The molecule has 0 aromatic carbocycles. The van der Waals surface area contributed by atoms with Crippen LogP contribution in [0.25, 0.3) is 0 Å². The monoisotopic (exact) mass is 352 g/mol. The lowest BCUT2D eigenvalue weighted by Gasteiger charge is -2.30. The highest BCUT2D eigenvalue weighted by Gasteiger charge is 2.53. The minimum atomic E-state index is -1.88. The molecule has 2 atom stereocenters. The number of carbonyl (C=O) groups excluding carboxylic acids is 2. The van der Waals surface area contributed by atoms with Crippen LogP contribution in [0.1, 0.15) is 80.1 Å². The second-order valence-electron chi connectivity index (χ2n) is 8.84. The highest BCUT2D eigenvalue weighted by atomic mass is 16.3. The summed E-state index contributed by atoms with van der Waals surface area (Å²) >= 11 is 0. The van der Waals surface area contributed by atoms with Crippen LogP contribution in [-0.2, 0) is 9.59 Å². The fourth-order valence-corrected chi connectivity index (χ4v) is 3.47. The van der Waals surface area contributed by atoms with E-state index in [1.54, 1.807) is 0 Å². The van der Waals surface area contributed by atoms with E-state index < -0.39 is 11.5 Å². The first-order chi connectivity index (χ1) is 11.5. The molecule has 0 saturated heterocycles. The standard InChI is InChI=1S/C21H36O4/c1-13(2)7-9-16-12-17(18(22)11-15(5)6)20(24)21(16,25)19(23)10-8-14(3)4/h13-16,24-25H,7-12H2,1-6H3/t16-,21-/m0/s1. The number of ketones is 2. The molecule has 0 unspecified atom stereocenters. The van der Waals surface area contributed by atoms with E-state index >= 15 is 0 Å². The Hall–Kier alpha value is -1.16. The molecule has 4 heteroatoms. The molecule has 0 amide bonds. The van der Waals surface area contributed by atoms with Crippen LogP contribution < -0.4 is 0 Å². The van der Waals surface area contributed by atoms with E-state index in [1.165, 1.54) is 0 Å². The van der Waals surface area contributed by atoms with Gasteiger partial charge in [-0.1, -0.05) is 48.0 Å². The highest BCUT2D eigenvalue weighted by Crippen LogP contribution is 2.44. The van der Waals surface area contributed by atoms with Crippen molar-refractivity contribution >= 4 is 11.6 Å². The Morgan fingerprint density at radius 2 is 1.60 bits per heavy atom. The summed E-state index contributed by atoms with van der Waals surface area (Å²) in [5.74, 6) is -0.313. The summed E-state index contributed by atoms with van der Waals surface area (Å²) in [7, 11) is 0. The Labute approximate surface area is 152 Å². The highest BCUT2D eigenvalue weighted by molar-refractivity contribution is 6.01. The van der Waals surface area contributed by atoms with Crippen molar-refractivity contribution in [2.75, 3.05) is 0 Å². The summed E-state index contributed by atoms with van der Waals surface area (Å²) in [6.45, 7) is 12.1. The van der Waals surface area contributed by atoms with Crippen LogP contribution in [0, 0.1) is 23.7 Å². The van der Waals surface area contributed by atoms with Gasteiger partial charge in [0.15, 0.2) is 17.2 Å². The van der Waals surface area contributed by atoms with E-state index in [0.717, 1.165) is 6.42 Å². The average molecular weight is 353 g/mol. The molecule has 0 saturated carbocycles. The number of allylic oxidation sites excluding steroid dienone is 1. The van der Waals surface area contributed by atoms with Crippen molar-refractivity contribution in [2.45, 2.75) is 85.7 Å². The van der Waals surface area contributed by atoms with E-state index in [9.17, 15) is 19.8 Å². The third-order valence-electron chi connectivity index (χ3n) is 5.08. The van der Waals surface area contributed by atoms with E-state index in [-0.39, 0.29) is 35.2 Å². The van der Waals surface area contributed by atoms with Crippen molar-refractivity contribution in [2.24, 2.45) is 23.7 Å². The van der Waals surface area contributed by atoms with Gasteiger partial charge in [0.2, 0.25) is 0 Å². The van der Waals surface area contributed by atoms with Crippen LogP contribution in [0.5, 0.6) is 0 Å². The zero-order chi connectivity index (χ0) is 19.4. The normalized spacial score (nSPS) is 24.0. The number of Topliss-reactive ketones (excluding diaryl/α,β-unsaturated/α-hetero) is 2. The van der Waals surface area contributed by atoms with Crippen LogP contribution >= 0.6 is 0 Å². The first-order valence-electron chi connectivity index (χ1n) is 9.71. The predicted molar refractivity (Wildman–Crippen MR) is 100 cm³/mol. The number of aliphatic hydroxyl groups excluding tert-OH is 1. The molecule has 0 aromatic heterocycles. The topological polar surface area (TPSA) is 74.6 Å². The van der Waals surface area contributed by atoms with Gasteiger partial charge in [0, 0.05) is 24.3 Å². The van der Waals surface area contributed by atoms with Crippen molar-refractivity contribution in [1.29, 1.82) is 0 Å². The van der Waals surface area contributed by atoms with Crippen LogP contribution in [0.15, 0.2) is 11.3 Å². The second-order valence-corrected chi connectivity index (χ2v) is 8.84. The Morgan fingerprint density at radius 1 is 1.04 bits per heavy atom. The van der Waals surface area contributed by atoms with Crippen molar-refractivity contribution in [3.05, 3.63) is 11.3 Å². The zero-order valence-corrected chi connectivity index (χ0v) is 16.8. The first-order valence-corrected chi connectivity index (χ1v) is 9.71. The van der Waals surface area contributed by atoms with Gasteiger partial charge in [0.25, 0.3) is 0 Å². The fraction of sp³-hybridized carbons (Fsp3) is 0.810. The number of hydrogen-bond donors (Lipinski definition) is 2. The molecular weight excluding hydrogens is 316 g/mol.